The molecule has 9 heteroatoms. The molecule has 3 N–H and O–H groups in total. The van der Waals surface area contributed by atoms with Crippen LogP contribution >= 0.6 is 0 Å². The summed E-state index contributed by atoms with van der Waals surface area (Å²) in [6.07, 6.45) is 4.19. The van der Waals surface area contributed by atoms with Gasteiger partial charge in [-0.3, -0.25) is 9.59 Å². The second-order valence-corrected chi connectivity index (χ2v) is 9.49. The van der Waals surface area contributed by atoms with Gasteiger partial charge < -0.3 is 15.5 Å². The number of amides is 2. The van der Waals surface area contributed by atoms with Gasteiger partial charge in [-0.15, -0.1) is 5.10 Å². The maximum Gasteiger partial charge on any atom is 0.242 e. The molecule has 190 valence electrons. The Morgan fingerprint density at radius 3 is 2.47 bits per heavy atom. The summed E-state index contributed by atoms with van der Waals surface area (Å²) in [5, 5.41) is 20.3. The molecule has 2 amide bonds. The highest BCUT2D eigenvalue weighted by Crippen LogP contribution is 2.29. The predicted molar refractivity (Wildman–Crippen MR) is 139 cm³/mol. The van der Waals surface area contributed by atoms with Gasteiger partial charge in [-0.25, -0.2) is 5.10 Å². The molecule has 0 radical (unpaired) electrons. The predicted octanol–water partition coefficient (Wildman–Crippen LogP) is 3.17. The standard InChI is InChI=1S/C27H35N7O2/c1-3-4-9-24(29-26(35)21-14-16-34(2)17-15-21)27(36)28-18-19-10-12-20(13-11-19)22-7-5-6-8-23(22)25-30-32-33-31-25/h5-8,10-13,21,24H,3-4,9,14-18H2,1-2H3,(H,28,36)(H,29,35)(H,30,31,32,33). The Kier molecular flexibility index (Phi) is 8.78. The number of nitrogens with one attached hydrogen (secondary N) is 3. The van der Waals surface area contributed by atoms with Gasteiger partial charge in [-0.1, -0.05) is 68.3 Å². The number of tetrazole rings is 1. The topological polar surface area (TPSA) is 116 Å². The summed E-state index contributed by atoms with van der Waals surface area (Å²) in [5.74, 6) is 0.477. The van der Waals surface area contributed by atoms with Gasteiger partial charge in [0, 0.05) is 18.0 Å². The van der Waals surface area contributed by atoms with Gasteiger partial charge in [0.15, 0.2) is 5.82 Å². The summed E-state index contributed by atoms with van der Waals surface area (Å²) in [6, 6.07) is 15.5. The molecule has 36 heavy (non-hydrogen) atoms. The van der Waals surface area contributed by atoms with Crippen LogP contribution in [0.1, 0.15) is 44.6 Å². The lowest BCUT2D eigenvalue weighted by Gasteiger charge is -2.29. The third-order valence-electron chi connectivity index (χ3n) is 6.83. The van der Waals surface area contributed by atoms with Crippen molar-refractivity contribution in [1.82, 2.24) is 36.2 Å². The Labute approximate surface area is 212 Å². The average molecular weight is 490 g/mol. The Morgan fingerprint density at radius 2 is 1.81 bits per heavy atom. The van der Waals surface area contributed by atoms with Gasteiger partial charge in [0.25, 0.3) is 0 Å². The summed E-state index contributed by atoms with van der Waals surface area (Å²) < 4.78 is 0. The Bertz CT molecular complexity index is 1120. The zero-order valence-corrected chi connectivity index (χ0v) is 21.0. The molecular weight excluding hydrogens is 454 g/mol. The van der Waals surface area contributed by atoms with E-state index in [0.29, 0.717) is 18.8 Å². The molecule has 3 aromatic rings. The quantitative estimate of drug-likeness (QED) is 0.403. The van der Waals surface area contributed by atoms with Crippen LogP contribution in [0, 0.1) is 5.92 Å². The highest BCUT2D eigenvalue weighted by Gasteiger charge is 2.27. The number of carbonyl (C=O) groups excluding carboxylic acids is 2. The first-order valence-electron chi connectivity index (χ1n) is 12.7. The zero-order valence-electron chi connectivity index (χ0n) is 21.0. The second-order valence-electron chi connectivity index (χ2n) is 9.49. The maximum absolute atomic E-state index is 13.0. The minimum Gasteiger partial charge on any atom is -0.350 e. The summed E-state index contributed by atoms with van der Waals surface area (Å²) in [6.45, 7) is 4.32. The largest absolute Gasteiger partial charge is 0.350 e. The molecule has 1 aliphatic heterocycles. The number of benzene rings is 2. The first kappa shape index (κ1) is 25.5. The molecule has 1 aromatic heterocycles. The summed E-state index contributed by atoms with van der Waals surface area (Å²) in [5.41, 5.74) is 3.95. The molecule has 4 rings (SSSR count). The third-order valence-corrected chi connectivity index (χ3v) is 6.83. The van der Waals surface area contributed by atoms with Gasteiger partial charge in [0.05, 0.1) is 0 Å². The van der Waals surface area contributed by atoms with Gasteiger partial charge >= 0.3 is 0 Å². The van der Waals surface area contributed by atoms with E-state index in [2.05, 4.69) is 50.1 Å². The number of piperidine rings is 1. The molecule has 1 aliphatic rings. The van der Waals surface area contributed by atoms with Crippen molar-refractivity contribution in [2.24, 2.45) is 5.92 Å². The van der Waals surface area contributed by atoms with E-state index in [4.69, 9.17) is 0 Å². The first-order valence-corrected chi connectivity index (χ1v) is 12.7. The fourth-order valence-corrected chi connectivity index (χ4v) is 4.57. The van der Waals surface area contributed by atoms with Gasteiger partial charge in [0.2, 0.25) is 11.8 Å². The molecule has 2 aromatic carbocycles. The van der Waals surface area contributed by atoms with Crippen molar-refractivity contribution in [3.63, 3.8) is 0 Å². The van der Waals surface area contributed by atoms with Gasteiger partial charge in [-0.2, -0.15) is 0 Å². The van der Waals surface area contributed by atoms with Crippen molar-refractivity contribution < 1.29 is 9.59 Å². The molecule has 9 nitrogen and oxygen atoms in total. The fourth-order valence-electron chi connectivity index (χ4n) is 4.57. The number of rotatable bonds is 10. The van der Waals surface area contributed by atoms with Crippen LogP contribution in [0.4, 0.5) is 0 Å². The van der Waals surface area contributed by atoms with Crippen molar-refractivity contribution >= 4 is 11.8 Å². The number of carbonyl (C=O) groups is 2. The van der Waals surface area contributed by atoms with E-state index < -0.39 is 6.04 Å². The van der Waals surface area contributed by atoms with E-state index in [0.717, 1.165) is 61.0 Å². The number of H-pyrrole nitrogens is 1. The minimum atomic E-state index is -0.501. The van der Waals surface area contributed by atoms with Crippen molar-refractivity contribution in [1.29, 1.82) is 0 Å². The molecule has 2 heterocycles. The lowest BCUT2D eigenvalue weighted by atomic mass is 9.95. The van der Waals surface area contributed by atoms with E-state index >= 15 is 0 Å². The van der Waals surface area contributed by atoms with Crippen molar-refractivity contribution in [2.45, 2.75) is 51.6 Å². The van der Waals surface area contributed by atoms with Crippen molar-refractivity contribution in [3.05, 3.63) is 54.1 Å². The number of likely N-dealkylation sites (tertiary alicyclic amines) is 1. The summed E-state index contributed by atoms with van der Waals surface area (Å²) >= 11 is 0. The van der Waals surface area contributed by atoms with E-state index in [1.807, 2.05) is 48.5 Å². The smallest absolute Gasteiger partial charge is 0.242 e. The summed E-state index contributed by atoms with van der Waals surface area (Å²) in [4.78, 5) is 28.1. The molecule has 1 atom stereocenters. The van der Waals surface area contributed by atoms with Crippen LogP contribution in [0.3, 0.4) is 0 Å². The van der Waals surface area contributed by atoms with Crippen molar-refractivity contribution in [3.8, 4) is 22.5 Å². The van der Waals surface area contributed by atoms with Crippen LogP contribution in [-0.4, -0.2) is 63.5 Å². The lowest BCUT2D eigenvalue weighted by molar-refractivity contribution is -0.132. The van der Waals surface area contributed by atoms with Crippen molar-refractivity contribution in [2.75, 3.05) is 20.1 Å². The molecule has 0 saturated carbocycles. The fraction of sp³-hybridized carbons (Fsp3) is 0.444. The number of aromatic nitrogens is 4. The number of hydrogen-bond donors (Lipinski definition) is 3. The van der Waals surface area contributed by atoms with Crippen LogP contribution < -0.4 is 10.6 Å². The zero-order chi connectivity index (χ0) is 25.3. The lowest BCUT2D eigenvalue weighted by Crippen LogP contribution is -2.49. The van der Waals surface area contributed by atoms with Gasteiger partial charge in [0.1, 0.15) is 6.04 Å². The van der Waals surface area contributed by atoms with Crippen LogP contribution in [-0.2, 0) is 16.1 Å². The van der Waals surface area contributed by atoms with Crippen LogP contribution in [0.5, 0.6) is 0 Å². The number of aromatic amines is 1. The molecule has 1 fully saturated rings. The van der Waals surface area contributed by atoms with E-state index in [1.165, 1.54) is 0 Å². The normalized spacial score (nSPS) is 15.4. The Morgan fingerprint density at radius 1 is 1.08 bits per heavy atom. The highest BCUT2D eigenvalue weighted by molar-refractivity contribution is 5.88. The highest BCUT2D eigenvalue weighted by atomic mass is 16.2. The molecule has 0 spiro atoms. The van der Waals surface area contributed by atoms with Gasteiger partial charge in [-0.05, 0) is 66.5 Å². The number of nitrogens with zero attached hydrogens (tertiary/aromatic N) is 4. The molecule has 0 bridgehead atoms. The molecular formula is C27H35N7O2. The maximum atomic E-state index is 13.0. The SMILES string of the molecule is CCCCC(NC(=O)C1CCN(C)CC1)C(=O)NCc1ccc(-c2ccccc2-c2nnn[nH]2)cc1. The number of hydrogen-bond acceptors (Lipinski definition) is 6. The Hall–Kier alpha value is -3.59. The molecule has 0 aliphatic carbocycles. The van der Waals surface area contributed by atoms with E-state index in [-0.39, 0.29) is 17.7 Å². The minimum absolute atomic E-state index is 0.00401. The third kappa shape index (κ3) is 6.54. The van der Waals surface area contributed by atoms with Crippen LogP contribution in [0.25, 0.3) is 22.5 Å². The average Bonchev–Trinajstić information content (AvgIpc) is 3.45. The number of unbranched alkanes of at least 4 members (excludes halogenated alkanes) is 1. The van der Waals surface area contributed by atoms with E-state index in [1.54, 1.807) is 0 Å². The van der Waals surface area contributed by atoms with Crippen LogP contribution in [0.2, 0.25) is 0 Å². The molecule has 1 unspecified atom stereocenters. The second kappa shape index (κ2) is 12.4. The first-order chi connectivity index (χ1) is 17.5. The van der Waals surface area contributed by atoms with E-state index in [9.17, 15) is 9.59 Å². The summed E-state index contributed by atoms with van der Waals surface area (Å²) in [7, 11) is 2.07. The Balaban J connectivity index is 1.36. The molecule has 1 saturated heterocycles. The monoisotopic (exact) mass is 489 g/mol. The van der Waals surface area contributed by atoms with Crippen LogP contribution in [0.15, 0.2) is 48.5 Å².